The van der Waals surface area contributed by atoms with Gasteiger partial charge in [0.05, 0.1) is 0 Å². The molecule has 1 saturated heterocycles. The molecular formula is C18H20N2O. The van der Waals surface area contributed by atoms with Crippen molar-refractivity contribution in [2.24, 2.45) is 5.18 Å². The van der Waals surface area contributed by atoms with E-state index in [1.54, 1.807) is 0 Å². The molecule has 0 spiro atoms. The first-order chi connectivity index (χ1) is 10.3. The standard InChI is InChI=1S/C18H20N2O/c21-19-13-15-3-7-17(8-4-15)18-9-5-16(6-10-18)14-20-11-1-2-12-20/h3-10H,1-2,11-14H2. The molecule has 3 rings (SSSR count). The van der Waals surface area contributed by atoms with Crippen molar-refractivity contribution in [1.29, 1.82) is 0 Å². The Kier molecular flexibility index (Phi) is 4.41. The van der Waals surface area contributed by atoms with Gasteiger partial charge in [-0.05, 0) is 48.2 Å². The minimum absolute atomic E-state index is 0.245. The van der Waals surface area contributed by atoms with Crippen LogP contribution in [0.3, 0.4) is 0 Å². The Morgan fingerprint density at radius 2 is 1.33 bits per heavy atom. The van der Waals surface area contributed by atoms with Crippen molar-refractivity contribution in [2.45, 2.75) is 25.9 Å². The summed E-state index contributed by atoms with van der Waals surface area (Å²) in [4.78, 5) is 12.8. The highest BCUT2D eigenvalue weighted by molar-refractivity contribution is 5.63. The third kappa shape index (κ3) is 3.56. The normalized spacial score (nSPS) is 15.2. The van der Waals surface area contributed by atoms with Crippen LogP contribution in [0.4, 0.5) is 0 Å². The average Bonchev–Trinajstić information content (AvgIpc) is 3.02. The van der Waals surface area contributed by atoms with Crippen LogP contribution in [-0.4, -0.2) is 18.0 Å². The van der Waals surface area contributed by atoms with Crippen LogP contribution < -0.4 is 0 Å². The van der Waals surface area contributed by atoms with Gasteiger partial charge >= 0.3 is 0 Å². The molecule has 0 aromatic heterocycles. The number of nitroso groups, excluding NO2 is 1. The minimum Gasteiger partial charge on any atom is -0.299 e. The van der Waals surface area contributed by atoms with Crippen LogP contribution in [0.1, 0.15) is 24.0 Å². The second kappa shape index (κ2) is 6.64. The van der Waals surface area contributed by atoms with Crippen molar-refractivity contribution in [2.75, 3.05) is 13.1 Å². The van der Waals surface area contributed by atoms with E-state index in [4.69, 9.17) is 0 Å². The van der Waals surface area contributed by atoms with E-state index in [-0.39, 0.29) is 6.54 Å². The van der Waals surface area contributed by atoms with Gasteiger partial charge in [0, 0.05) is 6.54 Å². The van der Waals surface area contributed by atoms with Crippen LogP contribution in [0.25, 0.3) is 11.1 Å². The molecule has 0 saturated carbocycles. The Bertz CT molecular complexity index is 584. The number of hydrogen-bond donors (Lipinski definition) is 0. The molecule has 0 atom stereocenters. The van der Waals surface area contributed by atoms with Gasteiger partial charge in [0.15, 0.2) is 0 Å². The lowest BCUT2D eigenvalue weighted by Gasteiger charge is -2.14. The summed E-state index contributed by atoms with van der Waals surface area (Å²) in [5.74, 6) is 0. The summed E-state index contributed by atoms with van der Waals surface area (Å²) in [6, 6.07) is 16.8. The largest absolute Gasteiger partial charge is 0.299 e. The maximum atomic E-state index is 10.3. The zero-order valence-corrected chi connectivity index (χ0v) is 12.2. The summed E-state index contributed by atoms with van der Waals surface area (Å²) in [6.07, 6.45) is 2.67. The smallest absolute Gasteiger partial charge is 0.106 e. The molecule has 1 aliphatic rings. The number of hydrogen-bond acceptors (Lipinski definition) is 3. The van der Waals surface area contributed by atoms with E-state index in [0.29, 0.717) is 0 Å². The highest BCUT2D eigenvalue weighted by Crippen LogP contribution is 2.21. The third-order valence-electron chi connectivity index (χ3n) is 4.09. The predicted octanol–water partition coefficient (Wildman–Crippen LogP) is 4.22. The van der Waals surface area contributed by atoms with Gasteiger partial charge in [0.2, 0.25) is 0 Å². The third-order valence-corrected chi connectivity index (χ3v) is 4.09. The van der Waals surface area contributed by atoms with Crippen LogP contribution in [0.5, 0.6) is 0 Å². The van der Waals surface area contributed by atoms with Crippen molar-refractivity contribution < 1.29 is 0 Å². The molecule has 0 amide bonds. The molecule has 1 aliphatic heterocycles. The van der Waals surface area contributed by atoms with Gasteiger partial charge in [0.25, 0.3) is 0 Å². The van der Waals surface area contributed by atoms with Crippen LogP contribution in [0, 0.1) is 4.91 Å². The molecule has 3 nitrogen and oxygen atoms in total. The van der Waals surface area contributed by atoms with Crippen molar-refractivity contribution in [3.05, 3.63) is 64.6 Å². The van der Waals surface area contributed by atoms with E-state index in [9.17, 15) is 4.91 Å². The molecule has 0 radical (unpaired) electrons. The molecular weight excluding hydrogens is 260 g/mol. The first-order valence-corrected chi connectivity index (χ1v) is 7.55. The van der Waals surface area contributed by atoms with Gasteiger partial charge in [-0.1, -0.05) is 53.7 Å². The number of rotatable bonds is 5. The first-order valence-electron chi connectivity index (χ1n) is 7.55. The molecule has 0 bridgehead atoms. The molecule has 2 aromatic carbocycles. The number of benzene rings is 2. The Morgan fingerprint density at radius 1 is 0.810 bits per heavy atom. The van der Waals surface area contributed by atoms with Crippen molar-refractivity contribution in [3.8, 4) is 11.1 Å². The highest BCUT2D eigenvalue weighted by atomic mass is 16.3. The maximum Gasteiger partial charge on any atom is 0.106 e. The summed E-state index contributed by atoms with van der Waals surface area (Å²) in [7, 11) is 0. The molecule has 1 heterocycles. The van der Waals surface area contributed by atoms with Crippen molar-refractivity contribution >= 4 is 0 Å². The Balaban J connectivity index is 1.69. The van der Waals surface area contributed by atoms with Crippen molar-refractivity contribution in [3.63, 3.8) is 0 Å². The van der Waals surface area contributed by atoms with Gasteiger partial charge in [-0.2, -0.15) is 4.91 Å². The van der Waals surface area contributed by atoms with E-state index in [0.717, 1.165) is 12.1 Å². The van der Waals surface area contributed by atoms with Gasteiger partial charge in [0.1, 0.15) is 6.54 Å². The number of nitrogens with zero attached hydrogens (tertiary/aromatic N) is 2. The van der Waals surface area contributed by atoms with Gasteiger partial charge in [-0.3, -0.25) is 4.90 Å². The monoisotopic (exact) mass is 280 g/mol. The summed E-state index contributed by atoms with van der Waals surface area (Å²) in [6.45, 7) is 3.77. The lowest BCUT2D eigenvalue weighted by molar-refractivity contribution is 0.331. The van der Waals surface area contributed by atoms with Crippen LogP contribution >= 0.6 is 0 Å². The molecule has 108 valence electrons. The van der Waals surface area contributed by atoms with Crippen LogP contribution in [-0.2, 0) is 13.1 Å². The second-order valence-corrected chi connectivity index (χ2v) is 5.66. The number of likely N-dealkylation sites (tertiary alicyclic amines) is 1. The minimum atomic E-state index is 0.245. The van der Waals surface area contributed by atoms with Crippen molar-refractivity contribution in [1.82, 2.24) is 4.90 Å². The fraction of sp³-hybridized carbons (Fsp3) is 0.333. The summed E-state index contributed by atoms with van der Waals surface area (Å²) >= 11 is 0. The van der Waals surface area contributed by atoms with Gasteiger partial charge < -0.3 is 0 Å². The zero-order chi connectivity index (χ0) is 14.5. The van der Waals surface area contributed by atoms with Crippen LogP contribution in [0.2, 0.25) is 0 Å². The van der Waals surface area contributed by atoms with E-state index < -0.39 is 0 Å². The van der Waals surface area contributed by atoms with E-state index in [2.05, 4.69) is 46.5 Å². The lowest BCUT2D eigenvalue weighted by Crippen LogP contribution is -2.18. The molecule has 1 fully saturated rings. The quantitative estimate of drug-likeness (QED) is 0.768. The summed E-state index contributed by atoms with van der Waals surface area (Å²) in [5, 5.41) is 2.91. The van der Waals surface area contributed by atoms with E-state index >= 15 is 0 Å². The molecule has 0 N–H and O–H groups in total. The molecule has 0 unspecified atom stereocenters. The molecule has 3 heteroatoms. The fourth-order valence-corrected chi connectivity index (χ4v) is 2.88. The SMILES string of the molecule is O=NCc1ccc(-c2ccc(CN3CCCC3)cc2)cc1. The zero-order valence-electron chi connectivity index (χ0n) is 12.2. The lowest BCUT2D eigenvalue weighted by atomic mass is 10.0. The summed E-state index contributed by atoms with van der Waals surface area (Å²) in [5.41, 5.74) is 4.73. The Morgan fingerprint density at radius 3 is 1.86 bits per heavy atom. The van der Waals surface area contributed by atoms with Gasteiger partial charge in [-0.15, -0.1) is 0 Å². The average molecular weight is 280 g/mol. The second-order valence-electron chi connectivity index (χ2n) is 5.66. The van der Waals surface area contributed by atoms with E-state index in [1.165, 1.54) is 42.6 Å². The van der Waals surface area contributed by atoms with E-state index in [1.807, 2.05) is 12.1 Å². The first kappa shape index (κ1) is 14.0. The van der Waals surface area contributed by atoms with Crippen LogP contribution in [0.15, 0.2) is 53.7 Å². The fourth-order valence-electron chi connectivity index (χ4n) is 2.88. The Hall–Kier alpha value is -2.00. The van der Waals surface area contributed by atoms with Gasteiger partial charge in [-0.25, -0.2) is 0 Å². The summed E-state index contributed by atoms with van der Waals surface area (Å²) < 4.78 is 0. The topological polar surface area (TPSA) is 32.7 Å². The maximum absolute atomic E-state index is 10.3. The predicted molar refractivity (Wildman–Crippen MR) is 85.9 cm³/mol. The molecule has 2 aromatic rings. The Labute approximate surface area is 125 Å². The molecule has 0 aliphatic carbocycles. The molecule has 21 heavy (non-hydrogen) atoms. The highest BCUT2D eigenvalue weighted by Gasteiger charge is 2.11.